The number of hydrogen-bond acceptors (Lipinski definition) is 3. The Kier molecular flexibility index (Phi) is 5.82. The molecule has 0 saturated carbocycles. The monoisotopic (exact) mass is 495 g/mol. The maximum absolute atomic E-state index is 15.1. The van der Waals surface area contributed by atoms with Crippen molar-refractivity contribution in [3.05, 3.63) is 63.5 Å². The number of aromatic nitrogens is 1. The number of nitrogens with one attached hydrogen (secondary N) is 1. The van der Waals surface area contributed by atoms with Crippen molar-refractivity contribution in [1.82, 2.24) is 15.2 Å². The van der Waals surface area contributed by atoms with Crippen LogP contribution in [0.1, 0.15) is 32.5 Å². The fourth-order valence-corrected chi connectivity index (χ4v) is 6.49. The number of carbonyl (C=O) groups is 1. The Labute approximate surface area is 174 Å². The number of carbonyl (C=O) groups excluding carboxylic acids is 1. The standard InChI is InChI=1S/C22H24FN3OTe/c1-16-6-7-18(25-13-16)14-24-15-22(23)8-10-26(11-9-22)21(27)20-12-17-4-2-3-5-19(17)28-20/h2-7,12-13,24H,8-11,14-15H2,1H3. The molecule has 0 bridgehead atoms. The van der Waals surface area contributed by atoms with E-state index < -0.39 is 26.1 Å². The van der Waals surface area contributed by atoms with Crippen LogP contribution < -0.4 is 5.32 Å². The van der Waals surface area contributed by atoms with Crippen molar-refractivity contribution in [2.45, 2.75) is 32.0 Å². The summed E-state index contributed by atoms with van der Waals surface area (Å²) in [7, 11) is 0. The molecule has 0 aliphatic carbocycles. The van der Waals surface area contributed by atoms with Gasteiger partial charge in [-0.15, -0.1) is 0 Å². The molecule has 146 valence electrons. The molecule has 0 atom stereocenters. The van der Waals surface area contributed by atoms with Crippen molar-refractivity contribution in [3.63, 3.8) is 0 Å². The predicted molar refractivity (Wildman–Crippen MR) is 111 cm³/mol. The Hall–Kier alpha value is -1.74. The van der Waals surface area contributed by atoms with Gasteiger partial charge in [0.25, 0.3) is 0 Å². The van der Waals surface area contributed by atoms with Gasteiger partial charge in [-0.3, -0.25) is 0 Å². The van der Waals surface area contributed by atoms with E-state index in [-0.39, 0.29) is 5.91 Å². The number of nitrogens with zero attached hydrogens (tertiary/aromatic N) is 2. The van der Waals surface area contributed by atoms with Crippen molar-refractivity contribution in [2.24, 2.45) is 0 Å². The van der Waals surface area contributed by atoms with Crippen LogP contribution in [0.25, 0.3) is 8.79 Å². The van der Waals surface area contributed by atoms with Crippen LogP contribution in [0.4, 0.5) is 4.39 Å². The van der Waals surface area contributed by atoms with Gasteiger partial charge in [0.15, 0.2) is 0 Å². The van der Waals surface area contributed by atoms with Gasteiger partial charge in [0.05, 0.1) is 0 Å². The average Bonchev–Trinajstić information content (AvgIpc) is 3.14. The van der Waals surface area contributed by atoms with Crippen LogP contribution in [-0.4, -0.2) is 61.5 Å². The quantitative estimate of drug-likeness (QED) is 0.556. The molecule has 1 fully saturated rings. The number of aryl methyl sites for hydroxylation is 1. The molecule has 0 radical (unpaired) electrons. The predicted octanol–water partition coefficient (Wildman–Crippen LogP) is 3.33. The van der Waals surface area contributed by atoms with Crippen molar-refractivity contribution in [3.8, 4) is 0 Å². The number of hydrogen-bond donors (Lipinski definition) is 1. The molecule has 1 aliphatic rings. The van der Waals surface area contributed by atoms with E-state index in [1.54, 1.807) is 0 Å². The van der Waals surface area contributed by atoms with Crippen molar-refractivity contribution < 1.29 is 9.18 Å². The summed E-state index contributed by atoms with van der Waals surface area (Å²) in [4.78, 5) is 19.0. The van der Waals surface area contributed by atoms with Crippen LogP contribution in [0.15, 0.2) is 48.7 Å². The molecule has 1 aromatic carbocycles. The van der Waals surface area contributed by atoms with Crippen molar-refractivity contribution >= 4 is 35.1 Å². The average molecular weight is 493 g/mol. The van der Waals surface area contributed by atoms with E-state index >= 15 is 4.39 Å². The van der Waals surface area contributed by atoms with Crippen LogP contribution in [0.3, 0.4) is 0 Å². The first-order chi connectivity index (χ1) is 13.5. The van der Waals surface area contributed by atoms with Crippen LogP contribution >= 0.6 is 0 Å². The maximum atomic E-state index is 15.1. The summed E-state index contributed by atoms with van der Waals surface area (Å²) in [6, 6.07) is 14.2. The minimum absolute atomic E-state index is 0.109. The number of amides is 1. The minimum atomic E-state index is -1.26. The first-order valence-electron chi connectivity index (χ1n) is 9.61. The molecule has 4 rings (SSSR count). The molecule has 4 nitrogen and oxygen atoms in total. The van der Waals surface area contributed by atoms with Crippen LogP contribution in [0.2, 0.25) is 0 Å². The summed E-state index contributed by atoms with van der Waals surface area (Å²) in [5, 5.41) is 4.38. The van der Waals surface area contributed by atoms with Gasteiger partial charge in [-0.2, -0.15) is 0 Å². The van der Waals surface area contributed by atoms with Crippen molar-refractivity contribution in [1.29, 1.82) is 0 Å². The van der Waals surface area contributed by atoms with E-state index in [2.05, 4.69) is 22.4 Å². The molecule has 2 aromatic heterocycles. The number of pyridine rings is 1. The van der Waals surface area contributed by atoms with E-state index in [4.69, 9.17) is 0 Å². The van der Waals surface area contributed by atoms with Gasteiger partial charge in [-0.25, -0.2) is 0 Å². The second-order valence-electron chi connectivity index (χ2n) is 7.52. The zero-order chi connectivity index (χ0) is 19.6. The molecule has 28 heavy (non-hydrogen) atoms. The third-order valence-corrected chi connectivity index (χ3v) is 8.45. The van der Waals surface area contributed by atoms with E-state index in [0.29, 0.717) is 39.0 Å². The number of alkyl halides is 1. The van der Waals surface area contributed by atoms with Gasteiger partial charge in [0.2, 0.25) is 0 Å². The number of likely N-dealkylation sites (tertiary alicyclic amines) is 1. The first-order valence-corrected chi connectivity index (χ1v) is 11.9. The molecule has 3 heterocycles. The second kappa shape index (κ2) is 8.32. The third-order valence-electron chi connectivity index (χ3n) is 5.30. The van der Waals surface area contributed by atoms with Gasteiger partial charge >= 0.3 is 162 Å². The first kappa shape index (κ1) is 19.6. The van der Waals surface area contributed by atoms with E-state index in [0.717, 1.165) is 14.8 Å². The Morgan fingerprint density at radius 2 is 2.04 bits per heavy atom. The Morgan fingerprint density at radius 3 is 2.75 bits per heavy atom. The zero-order valence-corrected chi connectivity index (χ0v) is 18.3. The number of fused-ring (bicyclic) bond motifs is 1. The number of halogens is 1. The molecule has 3 aromatic rings. The molecule has 1 aliphatic heterocycles. The number of benzene rings is 1. The second-order valence-corrected chi connectivity index (χ2v) is 10.6. The fourth-order valence-electron chi connectivity index (χ4n) is 3.55. The van der Waals surface area contributed by atoms with Gasteiger partial charge in [-0.05, 0) is 12.5 Å². The van der Waals surface area contributed by atoms with Crippen molar-refractivity contribution in [2.75, 3.05) is 19.6 Å². The molecule has 0 unspecified atom stereocenters. The third kappa shape index (κ3) is 4.46. The van der Waals surface area contributed by atoms with Crippen LogP contribution in [-0.2, 0) is 6.54 Å². The zero-order valence-electron chi connectivity index (χ0n) is 16.0. The van der Waals surface area contributed by atoms with Gasteiger partial charge in [-0.1, -0.05) is 0 Å². The molecule has 6 heteroatoms. The van der Waals surface area contributed by atoms with Gasteiger partial charge in [0.1, 0.15) is 0 Å². The Bertz CT molecular complexity index is 928. The fraction of sp³-hybridized carbons (Fsp3) is 0.364. The molecule has 1 N–H and O–H groups in total. The summed E-state index contributed by atoms with van der Waals surface area (Å²) < 4.78 is 17.4. The molecule has 1 saturated heterocycles. The Balaban J connectivity index is 1.30. The SMILES string of the molecule is Cc1ccc(CNCC2(F)CCN(C(=O)c3cc4ccccc4[te]3)CC2)nc1. The normalized spacial score (nSPS) is 16.4. The molecule has 1 amide bonds. The van der Waals surface area contributed by atoms with Gasteiger partial charge < -0.3 is 0 Å². The van der Waals surface area contributed by atoms with Crippen LogP contribution in [0, 0.1) is 6.92 Å². The Morgan fingerprint density at radius 1 is 1.25 bits per heavy atom. The summed E-state index contributed by atoms with van der Waals surface area (Å²) in [6.45, 7) is 3.83. The van der Waals surface area contributed by atoms with E-state index in [9.17, 15) is 4.79 Å². The molecular formula is C22H24FN3OTe. The summed E-state index contributed by atoms with van der Waals surface area (Å²) >= 11 is -0.616. The number of rotatable bonds is 5. The summed E-state index contributed by atoms with van der Waals surface area (Å²) in [5.74, 6) is 0.109. The van der Waals surface area contributed by atoms with E-state index in [1.807, 2.05) is 48.4 Å². The molecule has 0 spiro atoms. The van der Waals surface area contributed by atoms with E-state index in [1.165, 1.54) is 8.79 Å². The summed E-state index contributed by atoms with van der Waals surface area (Å²) in [5.41, 5.74) is 0.774. The van der Waals surface area contributed by atoms with Gasteiger partial charge in [0, 0.05) is 0 Å². The number of piperidine rings is 1. The topological polar surface area (TPSA) is 45.2 Å². The van der Waals surface area contributed by atoms with Crippen LogP contribution in [0.5, 0.6) is 0 Å². The summed E-state index contributed by atoms with van der Waals surface area (Å²) in [6.07, 6.45) is 2.59. The molecular weight excluding hydrogens is 469 g/mol.